The van der Waals surface area contributed by atoms with E-state index in [1.54, 1.807) is 4.90 Å². The van der Waals surface area contributed by atoms with Crippen LogP contribution in [-0.2, 0) is 0 Å². The number of aliphatic hydroxyl groups is 1. The van der Waals surface area contributed by atoms with Gasteiger partial charge >= 0.3 is 0 Å². The predicted octanol–water partition coefficient (Wildman–Crippen LogP) is 2.19. The van der Waals surface area contributed by atoms with Crippen molar-refractivity contribution in [3.05, 3.63) is 34.1 Å². The van der Waals surface area contributed by atoms with E-state index in [1.165, 1.54) is 18.2 Å². The molecule has 0 bridgehead atoms. The molecule has 1 saturated heterocycles. The molecule has 3 nitrogen and oxygen atoms in total. The molecule has 1 aromatic carbocycles. The summed E-state index contributed by atoms with van der Waals surface area (Å²) in [6, 6.07) is 4.04. The summed E-state index contributed by atoms with van der Waals surface area (Å²) in [6.45, 7) is 1.09. The number of benzene rings is 1. The second-order valence-electron chi connectivity index (χ2n) is 4.15. The van der Waals surface area contributed by atoms with E-state index in [1.807, 2.05) is 0 Å². The lowest BCUT2D eigenvalue weighted by molar-refractivity contribution is 0.0546. The molecule has 1 aromatic rings. The van der Waals surface area contributed by atoms with E-state index < -0.39 is 0 Å². The number of carbonyl (C=O) groups is 1. The highest BCUT2D eigenvalue weighted by molar-refractivity contribution is 9.10. The molecular formula is C12H13BrFNO2. The van der Waals surface area contributed by atoms with Gasteiger partial charge in [0.1, 0.15) is 5.82 Å². The minimum atomic E-state index is -0.373. The third-order valence-corrected chi connectivity index (χ3v) is 3.57. The highest BCUT2D eigenvalue weighted by Crippen LogP contribution is 2.21. The molecule has 0 radical (unpaired) electrons. The molecule has 0 atom stereocenters. The van der Waals surface area contributed by atoms with Crippen molar-refractivity contribution < 1.29 is 14.3 Å². The first-order valence-electron chi connectivity index (χ1n) is 5.50. The molecule has 5 heteroatoms. The van der Waals surface area contributed by atoms with Crippen LogP contribution in [0.3, 0.4) is 0 Å². The number of nitrogens with zero attached hydrogens (tertiary/aromatic N) is 1. The number of hydrogen-bond donors (Lipinski definition) is 1. The normalized spacial score (nSPS) is 17.2. The summed E-state index contributed by atoms with van der Waals surface area (Å²) in [6.07, 6.45) is 0.894. The number of carbonyl (C=O) groups excluding carboxylic acids is 1. The minimum Gasteiger partial charge on any atom is -0.393 e. The molecule has 1 N–H and O–H groups in total. The van der Waals surface area contributed by atoms with Gasteiger partial charge in [0.05, 0.1) is 11.7 Å². The lowest BCUT2D eigenvalue weighted by atomic mass is 10.1. The molecule has 0 unspecified atom stereocenters. The van der Waals surface area contributed by atoms with Crippen LogP contribution in [0, 0.1) is 5.82 Å². The van der Waals surface area contributed by atoms with E-state index >= 15 is 0 Å². The average molecular weight is 302 g/mol. The third kappa shape index (κ3) is 2.84. The topological polar surface area (TPSA) is 40.5 Å². The number of rotatable bonds is 1. The second-order valence-corrected chi connectivity index (χ2v) is 5.00. The predicted molar refractivity (Wildman–Crippen MR) is 65.2 cm³/mol. The SMILES string of the molecule is O=C(c1ccc(F)cc1Br)N1CCC(O)CC1. The molecule has 0 aliphatic carbocycles. The number of amides is 1. The first-order valence-corrected chi connectivity index (χ1v) is 6.29. The van der Waals surface area contributed by atoms with Gasteiger partial charge in [0.25, 0.3) is 5.91 Å². The molecule has 1 aliphatic rings. The van der Waals surface area contributed by atoms with Gasteiger partial charge in [-0.05, 0) is 47.0 Å². The Bertz CT molecular complexity index is 431. The Hall–Kier alpha value is -0.940. The van der Waals surface area contributed by atoms with Gasteiger partial charge in [0, 0.05) is 17.6 Å². The summed E-state index contributed by atoms with van der Waals surface area (Å²) in [7, 11) is 0. The summed E-state index contributed by atoms with van der Waals surface area (Å²) >= 11 is 3.19. The van der Waals surface area contributed by atoms with E-state index in [4.69, 9.17) is 0 Å². The van der Waals surface area contributed by atoms with Crippen molar-refractivity contribution in [2.75, 3.05) is 13.1 Å². The van der Waals surface area contributed by atoms with Gasteiger partial charge in [0.15, 0.2) is 0 Å². The minimum absolute atomic E-state index is 0.122. The van der Waals surface area contributed by atoms with E-state index in [-0.39, 0.29) is 17.8 Å². The Kier molecular flexibility index (Phi) is 3.79. The lowest BCUT2D eigenvalue weighted by Gasteiger charge is -2.29. The molecule has 1 amide bonds. The smallest absolute Gasteiger partial charge is 0.255 e. The number of halogens is 2. The molecule has 1 aliphatic heterocycles. The van der Waals surface area contributed by atoms with Crippen LogP contribution >= 0.6 is 15.9 Å². The van der Waals surface area contributed by atoms with E-state index in [2.05, 4.69) is 15.9 Å². The van der Waals surface area contributed by atoms with Crippen molar-refractivity contribution in [2.45, 2.75) is 18.9 Å². The fraction of sp³-hybridized carbons (Fsp3) is 0.417. The monoisotopic (exact) mass is 301 g/mol. The Morgan fingerprint density at radius 2 is 2.06 bits per heavy atom. The second kappa shape index (κ2) is 5.14. The number of piperidine rings is 1. The van der Waals surface area contributed by atoms with Gasteiger partial charge in [-0.2, -0.15) is 0 Å². The molecule has 17 heavy (non-hydrogen) atoms. The maximum absolute atomic E-state index is 12.9. The summed E-state index contributed by atoms with van der Waals surface area (Å²) in [5.74, 6) is -0.494. The van der Waals surface area contributed by atoms with E-state index in [0.717, 1.165) is 0 Å². The standard InChI is InChI=1S/C12H13BrFNO2/c13-11-7-8(14)1-2-10(11)12(17)15-5-3-9(16)4-6-15/h1-2,7,9,16H,3-6H2. The molecule has 2 rings (SSSR count). The Labute approximate surface area is 107 Å². The Morgan fingerprint density at radius 3 is 2.65 bits per heavy atom. The zero-order valence-electron chi connectivity index (χ0n) is 9.20. The van der Waals surface area contributed by atoms with Crippen LogP contribution < -0.4 is 0 Å². The van der Waals surface area contributed by atoms with Crippen LogP contribution in [0.1, 0.15) is 23.2 Å². The Morgan fingerprint density at radius 1 is 1.41 bits per heavy atom. The average Bonchev–Trinajstić information content (AvgIpc) is 2.29. The van der Waals surface area contributed by atoms with Crippen molar-refractivity contribution in [2.24, 2.45) is 0 Å². The van der Waals surface area contributed by atoms with Crippen molar-refractivity contribution in [3.63, 3.8) is 0 Å². The number of aliphatic hydroxyl groups excluding tert-OH is 1. The van der Waals surface area contributed by atoms with Gasteiger partial charge in [-0.3, -0.25) is 4.79 Å². The van der Waals surface area contributed by atoms with Gasteiger partial charge < -0.3 is 10.0 Å². The fourth-order valence-corrected chi connectivity index (χ4v) is 2.42. The largest absolute Gasteiger partial charge is 0.393 e. The summed E-state index contributed by atoms with van der Waals surface area (Å²) in [4.78, 5) is 13.8. The zero-order valence-corrected chi connectivity index (χ0v) is 10.8. The highest BCUT2D eigenvalue weighted by atomic mass is 79.9. The summed E-state index contributed by atoms with van der Waals surface area (Å²) in [5, 5.41) is 9.37. The summed E-state index contributed by atoms with van der Waals surface area (Å²) < 4.78 is 13.4. The van der Waals surface area contributed by atoms with E-state index in [0.29, 0.717) is 36.0 Å². The van der Waals surface area contributed by atoms with Crippen LogP contribution in [0.5, 0.6) is 0 Å². The number of hydrogen-bond acceptors (Lipinski definition) is 2. The van der Waals surface area contributed by atoms with Crippen molar-refractivity contribution >= 4 is 21.8 Å². The third-order valence-electron chi connectivity index (χ3n) is 2.91. The lowest BCUT2D eigenvalue weighted by Crippen LogP contribution is -2.40. The van der Waals surface area contributed by atoms with Gasteiger partial charge in [-0.25, -0.2) is 4.39 Å². The fourth-order valence-electron chi connectivity index (χ4n) is 1.90. The van der Waals surface area contributed by atoms with Crippen LogP contribution in [0.25, 0.3) is 0 Å². The maximum Gasteiger partial charge on any atom is 0.255 e. The van der Waals surface area contributed by atoms with Crippen LogP contribution in [-0.4, -0.2) is 35.1 Å². The maximum atomic E-state index is 12.9. The summed E-state index contributed by atoms with van der Waals surface area (Å²) in [5.41, 5.74) is 0.461. The molecular weight excluding hydrogens is 289 g/mol. The molecule has 0 aromatic heterocycles. The molecule has 1 heterocycles. The highest BCUT2D eigenvalue weighted by Gasteiger charge is 2.23. The quantitative estimate of drug-likeness (QED) is 0.864. The molecule has 0 spiro atoms. The van der Waals surface area contributed by atoms with Gasteiger partial charge in [-0.1, -0.05) is 0 Å². The molecule has 0 saturated carbocycles. The zero-order chi connectivity index (χ0) is 12.4. The molecule has 92 valence electrons. The molecule has 1 fully saturated rings. The van der Waals surface area contributed by atoms with Crippen LogP contribution in [0.4, 0.5) is 4.39 Å². The van der Waals surface area contributed by atoms with E-state index in [9.17, 15) is 14.3 Å². The Balaban J connectivity index is 2.14. The number of likely N-dealkylation sites (tertiary alicyclic amines) is 1. The first kappa shape index (κ1) is 12.5. The van der Waals surface area contributed by atoms with Gasteiger partial charge in [-0.15, -0.1) is 0 Å². The van der Waals surface area contributed by atoms with Crippen molar-refractivity contribution in [1.82, 2.24) is 4.90 Å². The van der Waals surface area contributed by atoms with Gasteiger partial charge in [0.2, 0.25) is 0 Å². The van der Waals surface area contributed by atoms with Crippen molar-refractivity contribution in [3.8, 4) is 0 Å². The van der Waals surface area contributed by atoms with Crippen LogP contribution in [0.15, 0.2) is 22.7 Å². The first-order chi connectivity index (χ1) is 8.08. The van der Waals surface area contributed by atoms with Crippen LogP contribution in [0.2, 0.25) is 0 Å². The van der Waals surface area contributed by atoms with Crippen molar-refractivity contribution in [1.29, 1.82) is 0 Å².